The molecule has 1 atom stereocenters. The van der Waals surface area contributed by atoms with Crippen molar-refractivity contribution < 1.29 is 22.7 Å². The van der Waals surface area contributed by atoms with E-state index in [4.69, 9.17) is 11.6 Å². The summed E-state index contributed by atoms with van der Waals surface area (Å²) in [6.07, 6.45) is -0.0594. The van der Waals surface area contributed by atoms with Crippen LogP contribution in [0.3, 0.4) is 0 Å². The highest BCUT2D eigenvalue weighted by atomic mass is 35.5. The van der Waals surface area contributed by atoms with Gasteiger partial charge in [-0.2, -0.15) is 0 Å². The normalized spacial score (nSPS) is 12.3. The number of benzene rings is 2. The number of esters is 1. The molecule has 0 bridgehead atoms. The summed E-state index contributed by atoms with van der Waals surface area (Å²) in [5.41, 5.74) is 0.946. The summed E-state index contributed by atoms with van der Waals surface area (Å²) in [6.45, 7) is 0. The van der Waals surface area contributed by atoms with Gasteiger partial charge in [0.15, 0.2) is 0 Å². The molecule has 9 heteroatoms. The van der Waals surface area contributed by atoms with Crippen LogP contribution >= 0.6 is 11.6 Å². The number of amides is 1. The quantitative estimate of drug-likeness (QED) is 0.682. The maximum Gasteiger partial charge on any atom is 0.307 e. The van der Waals surface area contributed by atoms with Crippen LogP contribution in [0.2, 0.25) is 5.02 Å². The average molecular weight is 411 g/mol. The number of hydrogen-bond donors (Lipinski definition) is 2. The molecule has 0 saturated carbocycles. The van der Waals surface area contributed by atoms with Gasteiger partial charge in [-0.3, -0.25) is 9.59 Å². The predicted molar refractivity (Wildman–Crippen MR) is 101 cm³/mol. The molecule has 0 aliphatic carbocycles. The van der Waals surface area contributed by atoms with E-state index in [-0.39, 0.29) is 16.9 Å². The van der Waals surface area contributed by atoms with Crippen molar-refractivity contribution in [1.82, 2.24) is 10.0 Å². The van der Waals surface area contributed by atoms with Crippen molar-refractivity contribution >= 4 is 33.5 Å². The molecule has 2 N–H and O–H groups in total. The number of carbonyl (C=O) groups excluding carboxylic acids is 2. The highest BCUT2D eigenvalue weighted by Crippen LogP contribution is 2.21. The second-order valence-corrected chi connectivity index (χ2v) is 7.91. The van der Waals surface area contributed by atoms with Crippen LogP contribution in [-0.4, -0.2) is 34.5 Å². The summed E-state index contributed by atoms with van der Waals surface area (Å²) >= 11 is 5.88. The lowest BCUT2D eigenvalue weighted by Gasteiger charge is -2.18. The van der Waals surface area contributed by atoms with E-state index in [0.29, 0.717) is 10.6 Å². The van der Waals surface area contributed by atoms with Gasteiger partial charge >= 0.3 is 5.97 Å². The molecular formula is C18H19ClN2O5S. The minimum Gasteiger partial charge on any atom is -0.469 e. The first-order valence-corrected chi connectivity index (χ1v) is 9.79. The zero-order chi connectivity index (χ0) is 20.0. The SMILES string of the molecule is CNS(=O)(=O)c1ccc(C(=O)NC(CC(=O)OC)c2ccc(Cl)cc2)cc1. The van der Waals surface area contributed by atoms with Crippen molar-refractivity contribution in [2.45, 2.75) is 17.4 Å². The molecule has 144 valence electrons. The number of ether oxygens (including phenoxy) is 1. The van der Waals surface area contributed by atoms with Gasteiger partial charge in [-0.25, -0.2) is 13.1 Å². The van der Waals surface area contributed by atoms with E-state index in [0.717, 1.165) is 0 Å². The molecule has 0 spiro atoms. The number of methoxy groups -OCH3 is 1. The standard InChI is InChI=1S/C18H19ClN2O5S/c1-20-27(24,25)15-9-5-13(6-10-15)18(23)21-16(11-17(22)26-2)12-3-7-14(19)8-4-12/h3-10,16,20H,11H2,1-2H3,(H,21,23). The lowest BCUT2D eigenvalue weighted by Crippen LogP contribution is -2.30. The van der Waals surface area contributed by atoms with Crippen molar-refractivity contribution in [3.63, 3.8) is 0 Å². The third-order valence-corrected chi connectivity index (χ3v) is 5.55. The van der Waals surface area contributed by atoms with Crippen molar-refractivity contribution in [3.05, 3.63) is 64.7 Å². The number of hydrogen-bond acceptors (Lipinski definition) is 5. The van der Waals surface area contributed by atoms with Crippen LogP contribution in [0.25, 0.3) is 0 Å². The molecule has 0 radical (unpaired) electrons. The first-order valence-electron chi connectivity index (χ1n) is 7.93. The molecule has 0 fully saturated rings. The first kappa shape index (κ1) is 20.9. The molecule has 2 rings (SSSR count). The predicted octanol–water partition coefficient (Wildman–Crippen LogP) is 2.28. The summed E-state index contributed by atoms with van der Waals surface area (Å²) in [5.74, 6) is -0.932. The molecule has 1 amide bonds. The van der Waals surface area contributed by atoms with E-state index in [2.05, 4.69) is 14.8 Å². The summed E-state index contributed by atoms with van der Waals surface area (Å²) in [7, 11) is -1.01. The summed E-state index contributed by atoms with van der Waals surface area (Å²) in [4.78, 5) is 24.3. The lowest BCUT2D eigenvalue weighted by atomic mass is 10.0. The van der Waals surface area contributed by atoms with Gasteiger partial charge < -0.3 is 10.1 Å². The smallest absolute Gasteiger partial charge is 0.307 e. The number of carbonyl (C=O) groups is 2. The second kappa shape index (κ2) is 8.98. The fraction of sp³-hybridized carbons (Fsp3) is 0.222. The molecule has 0 aromatic heterocycles. The van der Waals surface area contributed by atoms with Gasteiger partial charge in [0.1, 0.15) is 0 Å². The summed E-state index contributed by atoms with van der Waals surface area (Å²) in [6, 6.07) is 11.6. The van der Waals surface area contributed by atoms with Gasteiger partial charge in [0.2, 0.25) is 10.0 Å². The maximum absolute atomic E-state index is 12.5. The maximum atomic E-state index is 12.5. The third kappa shape index (κ3) is 5.53. The van der Waals surface area contributed by atoms with Crippen LogP contribution in [0.15, 0.2) is 53.4 Å². The van der Waals surface area contributed by atoms with Crippen molar-refractivity contribution in [2.24, 2.45) is 0 Å². The van der Waals surface area contributed by atoms with Crippen LogP contribution in [0.5, 0.6) is 0 Å². The van der Waals surface area contributed by atoms with E-state index in [1.807, 2.05) is 0 Å². The van der Waals surface area contributed by atoms with Crippen LogP contribution in [0.4, 0.5) is 0 Å². The largest absolute Gasteiger partial charge is 0.469 e. The van der Waals surface area contributed by atoms with E-state index in [1.165, 1.54) is 38.4 Å². The molecule has 2 aromatic carbocycles. The highest BCUT2D eigenvalue weighted by molar-refractivity contribution is 7.89. The summed E-state index contributed by atoms with van der Waals surface area (Å²) < 4.78 is 30.4. The van der Waals surface area contributed by atoms with E-state index in [1.54, 1.807) is 24.3 Å². The molecule has 0 saturated heterocycles. The molecular weight excluding hydrogens is 392 g/mol. The lowest BCUT2D eigenvalue weighted by molar-refractivity contribution is -0.141. The fourth-order valence-electron chi connectivity index (χ4n) is 2.34. The van der Waals surface area contributed by atoms with Gasteiger partial charge in [0, 0.05) is 10.6 Å². The monoisotopic (exact) mass is 410 g/mol. The molecule has 0 aliphatic rings. The Bertz CT molecular complexity index is 912. The van der Waals surface area contributed by atoms with E-state index < -0.39 is 27.9 Å². The van der Waals surface area contributed by atoms with Gasteiger partial charge in [-0.1, -0.05) is 23.7 Å². The molecule has 0 aliphatic heterocycles. The molecule has 27 heavy (non-hydrogen) atoms. The Morgan fingerprint density at radius 1 is 1.07 bits per heavy atom. The minimum atomic E-state index is -3.59. The van der Waals surface area contributed by atoms with E-state index >= 15 is 0 Å². The van der Waals surface area contributed by atoms with E-state index in [9.17, 15) is 18.0 Å². The zero-order valence-electron chi connectivity index (χ0n) is 14.7. The Hall–Kier alpha value is -2.42. The highest BCUT2D eigenvalue weighted by Gasteiger charge is 2.20. The molecule has 7 nitrogen and oxygen atoms in total. The second-order valence-electron chi connectivity index (χ2n) is 5.59. The van der Waals surface area contributed by atoms with Gasteiger partial charge in [0.05, 0.1) is 24.5 Å². The van der Waals surface area contributed by atoms with Crippen molar-refractivity contribution in [2.75, 3.05) is 14.2 Å². The molecule has 1 unspecified atom stereocenters. The minimum absolute atomic E-state index is 0.0466. The fourth-order valence-corrected chi connectivity index (χ4v) is 3.20. The van der Waals surface area contributed by atoms with Crippen LogP contribution in [0.1, 0.15) is 28.4 Å². The molecule has 2 aromatic rings. The van der Waals surface area contributed by atoms with Crippen LogP contribution in [-0.2, 0) is 19.6 Å². The number of nitrogens with one attached hydrogen (secondary N) is 2. The van der Waals surface area contributed by atoms with Crippen LogP contribution in [0, 0.1) is 0 Å². The first-order chi connectivity index (χ1) is 12.8. The number of halogens is 1. The third-order valence-electron chi connectivity index (χ3n) is 3.87. The van der Waals surface area contributed by atoms with Gasteiger partial charge in [0.25, 0.3) is 5.91 Å². The average Bonchev–Trinajstić information content (AvgIpc) is 2.68. The van der Waals surface area contributed by atoms with Gasteiger partial charge in [-0.05, 0) is 49.0 Å². The van der Waals surface area contributed by atoms with Gasteiger partial charge in [-0.15, -0.1) is 0 Å². The number of rotatable bonds is 7. The Morgan fingerprint density at radius 3 is 2.19 bits per heavy atom. The molecule has 0 heterocycles. The Balaban J connectivity index is 2.22. The zero-order valence-corrected chi connectivity index (χ0v) is 16.3. The van der Waals surface area contributed by atoms with Crippen molar-refractivity contribution in [3.8, 4) is 0 Å². The Morgan fingerprint density at radius 2 is 1.67 bits per heavy atom. The Kier molecular flexibility index (Phi) is 6.95. The van der Waals surface area contributed by atoms with Crippen LogP contribution < -0.4 is 10.0 Å². The topological polar surface area (TPSA) is 102 Å². The summed E-state index contributed by atoms with van der Waals surface area (Å²) in [5, 5.41) is 3.29. The number of sulfonamides is 1. The Labute approximate surface area is 162 Å². The van der Waals surface area contributed by atoms with Crippen molar-refractivity contribution in [1.29, 1.82) is 0 Å².